The molecule has 2 atom stereocenters. The number of hydrogen-bond acceptors (Lipinski definition) is 4. The van der Waals surface area contributed by atoms with Gasteiger partial charge in [-0.05, 0) is 18.4 Å². The van der Waals surface area contributed by atoms with Crippen LogP contribution in [-0.2, 0) is 4.79 Å². The molecular weight excluding hydrogens is 236 g/mol. The second-order valence-electron chi connectivity index (χ2n) is 4.44. The molecule has 0 aromatic carbocycles. The van der Waals surface area contributed by atoms with Crippen molar-refractivity contribution in [2.24, 2.45) is 5.92 Å². The zero-order valence-corrected chi connectivity index (χ0v) is 9.91. The Morgan fingerprint density at radius 2 is 2.22 bits per heavy atom. The highest BCUT2D eigenvalue weighted by Crippen LogP contribution is 2.27. The molecule has 0 aliphatic carbocycles. The van der Waals surface area contributed by atoms with Crippen LogP contribution in [0.1, 0.15) is 23.7 Å². The van der Waals surface area contributed by atoms with Crippen molar-refractivity contribution in [3.8, 4) is 5.75 Å². The molecule has 2 unspecified atom stereocenters. The molecule has 1 aromatic heterocycles. The van der Waals surface area contributed by atoms with Crippen LogP contribution in [0.3, 0.4) is 0 Å². The van der Waals surface area contributed by atoms with Gasteiger partial charge in [-0.3, -0.25) is 9.78 Å². The molecule has 6 heteroatoms. The van der Waals surface area contributed by atoms with Crippen LogP contribution in [0.5, 0.6) is 5.75 Å². The maximum Gasteiger partial charge on any atom is 0.326 e. The SMILES string of the molecule is CC1CCN(C(=O)c2ccncc2O)C1C(=O)O. The van der Waals surface area contributed by atoms with Crippen molar-refractivity contribution in [2.75, 3.05) is 6.54 Å². The van der Waals surface area contributed by atoms with Crippen LogP contribution < -0.4 is 0 Å². The third-order valence-electron chi connectivity index (χ3n) is 3.24. The molecule has 0 saturated carbocycles. The second-order valence-corrected chi connectivity index (χ2v) is 4.44. The first-order chi connectivity index (χ1) is 8.52. The molecule has 2 heterocycles. The van der Waals surface area contributed by atoms with E-state index in [1.54, 1.807) is 6.92 Å². The first kappa shape index (κ1) is 12.3. The first-order valence-corrected chi connectivity index (χ1v) is 5.69. The minimum Gasteiger partial charge on any atom is -0.505 e. The van der Waals surface area contributed by atoms with Gasteiger partial charge in [-0.2, -0.15) is 0 Å². The number of aromatic nitrogens is 1. The number of carbonyl (C=O) groups excluding carboxylic acids is 1. The van der Waals surface area contributed by atoms with E-state index < -0.39 is 17.9 Å². The normalized spacial score (nSPS) is 23.1. The Morgan fingerprint density at radius 1 is 1.50 bits per heavy atom. The molecule has 1 amide bonds. The number of aromatic hydroxyl groups is 1. The molecule has 1 aliphatic heterocycles. The molecule has 0 radical (unpaired) electrons. The van der Waals surface area contributed by atoms with E-state index in [0.717, 1.165) is 0 Å². The van der Waals surface area contributed by atoms with Crippen molar-refractivity contribution >= 4 is 11.9 Å². The highest BCUT2D eigenvalue weighted by molar-refractivity contribution is 5.99. The third kappa shape index (κ3) is 2.01. The molecule has 2 N–H and O–H groups in total. The largest absolute Gasteiger partial charge is 0.505 e. The van der Waals surface area contributed by atoms with Crippen molar-refractivity contribution in [3.05, 3.63) is 24.0 Å². The average molecular weight is 250 g/mol. The molecular formula is C12H14N2O4. The highest BCUT2D eigenvalue weighted by Gasteiger charge is 2.40. The summed E-state index contributed by atoms with van der Waals surface area (Å²) >= 11 is 0. The molecule has 2 rings (SSSR count). The van der Waals surface area contributed by atoms with E-state index in [-0.39, 0.29) is 17.2 Å². The molecule has 1 aliphatic rings. The van der Waals surface area contributed by atoms with Gasteiger partial charge in [-0.1, -0.05) is 6.92 Å². The predicted octanol–water partition coefficient (Wildman–Crippen LogP) is 0.722. The van der Waals surface area contributed by atoms with E-state index in [1.807, 2.05) is 0 Å². The van der Waals surface area contributed by atoms with Gasteiger partial charge in [0.05, 0.1) is 11.8 Å². The quantitative estimate of drug-likeness (QED) is 0.807. The molecule has 0 bridgehead atoms. The summed E-state index contributed by atoms with van der Waals surface area (Å²) in [4.78, 5) is 28.4. The number of carbonyl (C=O) groups is 2. The van der Waals surface area contributed by atoms with E-state index in [4.69, 9.17) is 5.11 Å². The molecule has 6 nitrogen and oxygen atoms in total. The van der Waals surface area contributed by atoms with Crippen LogP contribution in [0.25, 0.3) is 0 Å². The summed E-state index contributed by atoms with van der Waals surface area (Å²) in [5.74, 6) is -1.80. The Bertz CT molecular complexity index is 489. The minimum atomic E-state index is -1.01. The van der Waals surface area contributed by atoms with Crippen molar-refractivity contribution < 1.29 is 19.8 Å². The third-order valence-corrected chi connectivity index (χ3v) is 3.24. The standard InChI is InChI=1S/C12H14N2O4/c1-7-3-5-14(10(7)12(17)18)11(16)8-2-4-13-6-9(8)15/h2,4,6-7,10,15H,3,5H2,1H3,(H,17,18). The van der Waals surface area contributed by atoms with Gasteiger partial charge in [-0.25, -0.2) is 4.79 Å². The van der Waals surface area contributed by atoms with Crippen LogP contribution in [-0.4, -0.2) is 44.6 Å². The summed E-state index contributed by atoms with van der Waals surface area (Å²) in [5.41, 5.74) is 0.0883. The Kier molecular flexibility index (Phi) is 3.18. The van der Waals surface area contributed by atoms with Gasteiger partial charge in [-0.15, -0.1) is 0 Å². The van der Waals surface area contributed by atoms with Gasteiger partial charge >= 0.3 is 5.97 Å². The maximum absolute atomic E-state index is 12.2. The summed E-state index contributed by atoms with van der Waals surface area (Å²) < 4.78 is 0. The lowest BCUT2D eigenvalue weighted by molar-refractivity contribution is -0.142. The molecule has 96 valence electrons. The van der Waals surface area contributed by atoms with E-state index in [9.17, 15) is 14.7 Å². The lowest BCUT2D eigenvalue weighted by atomic mass is 10.0. The summed E-state index contributed by atoms with van der Waals surface area (Å²) in [7, 11) is 0. The second kappa shape index (κ2) is 4.64. The van der Waals surface area contributed by atoms with Crippen LogP contribution in [0, 0.1) is 5.92 Å². The number of aliphatic carboxylic acids is 1. The summed E-state index contributed by atoms with van der Waals surface area (Å²) in [6.07, 6.45) is 3.21. The van der Waals surface area contributed by atoms with Crippen molar-refractivity contribution in [1.82, 2.24) is 9.88 Å². The molecule has 0 spiro atoms. The number of nitrogens with zero attached hydrogens (tertiary/aromatic N) is 2. The zero-order valence-electron chi connectivity index (χ0n) is 9.91. The maximum atomic E-state index is 12.2. The smallest absolute Gasteiger partial charge is 0.326 e. The Balaban J connectivity index is 2.29. The van der Waals surface area contributed by atoms with Crippen molar-refractivity contribution in [2.45, 2.75) is 19.4 Å². The van der Waals surface area contributed by atoms with Gasteiger partial charge < -0.3 is 15.1 Å². The summed E-state index contributed by atoms with van der Waals surface area (Å²) in [6, 6.07) is 0.560. The Hall–Kier alpha value is -2.11. The van der Waals surface area contributed by atoms with E-state index in [1.165, 1.54) is 23.4 Å². The average Bonchev–Trinajstić information content (AvgIpc) is 2.71. The van der Waals surface area contributed by atoms with E-state index >= 15 is 0 Å². The molecule has 1 saturated heterocycles. The van der Waals surface area contributed by atoms with Crippen molar-refractivity contribution in [3.63, 3.8) is 0 Å². The molecule has 1 aromatic rings. The van der Waals surface area contributed by atoms with Crippen LogP contribution >= 0.6 is 0 Å². The summed E-state index contributed by atoms with van der Waals surface area (Å²) in [6.45, 7) is 2.19. The number of pyridine rings is 1. The lowest BCUT2D eigenvalue weighted by Gasteiger charge is -2.23. The highest BCUT2D eigenvalue weighted by atomic mass is 16.4. The lowest BCUT2D eigenvalue weighted by Crippen LogP contribution is -2.42. The van der Waals surface area contributed by atoms with Crippen LogP contribution in [0.15, 0.2) is 18.5 Å². The fraction of sp³-hybridized carbons (Fsp3) is 0.417. The number of hydrogen-bond donors (Lipinski definition) is 2. The van der Waals surface area contributed by atoms with Crippen LogP contribution in [0.4, 0.5) is 0 Å². The first-order valence-electron chi connectivity index (χ1n) is 5.69. The van der Waals surface area contributed by atoms with Gasteiger partial charge in [0, 0.05) is 12.7 Å². The topological polar surface area (TPSA) is 90.7 Å². The number of amides is 1. The monoisotopic (exact) mass is 250 g/mol. The van der Waals surface area contributed by atoms with Crippen molar-refractivity contribution in [1.29, 1.82) is 0 Å². The fourth-order valence-corrected chi connectivity index (χ4v) is 2.27. The fourth-order valence-electron chi connectivity index (χ4n) is 2.27. The Morgan fingerprint density at radius 3 is 2.83 bits per heavy atom. The van der Waals surface area contributed by atoms with Gasteiger partial charge in [0.1, 0.15) is 11.8 Å². The molecule has 1 fully saturated rings. The van der Waals surface area contributed by atoms with Gasteiger partial charge in [0.2, 0.25) is 0 Å². The zero-order chi connectivity index (χ0) is 13.3. The van der Waals surface area contributed by atoms with E-state index in [2.05, 4.69) is 4.98 Å². The van der Waals surface area contributed by atoms with Gasteiger partial charge in [0.15, 0.2) is 0 Å². The Labute approximate surface area is 104 Å². The number of carboxylic acids is 1. The minimum absolute atomic E-state index is 0.0876. The number of likely N-dealkylation sites (tertiary alicyclic amines) is 1. The predicted molar refractivity (Wildman–Crippen MR) is 62.1 cm³/mol. The summed E-state index contributed by atoms with van der Waals surface area (Å²) in [5, 5.41) is 18.7. The van der Waals surface area contributed by atoms with Gasteiger partial charge in [0.25, 0.3) is 5.91 Å². The number of carboxylic acid groups (broad SMARTS) is 1. The molecule has 18 heavy (non-hydrogen) atoms. The van der Waals surface area contributed by atoms with Crippen LogP contribution in [0.2, 0.25) is 0 Å². The van der Waals surface area contributed by atoms with E-state index in [0.29, 0.717) is 13.0 Å². The number of rotatable bonds is 2.